The molecule has 0 saturated carbocycles. The van der Waals surface area contributed by atoms with Crippen LogP contribution < -0.4 is 5.32 Å². The maximum absolute atomic E-state index is 12.0. The first-order chi connectivity index (χ1) is 8.85. The molecule has 4 N–H and O–H groups in total. The number of carbonyl (C=O) groups excluding carboxylic acids is 1. The van der Waals surface area contributed by atoms with Gasteiger partial charge in [0, 0.05) is 31.2 Å². The Kier molecular flexibility index (Phi) is 5.08. The van der Waals surface area contributed by atoms with E-state index in [1.54, 1.807) is 13.2 Å². The van der Waals surface area contributed by atoms with Crippen molar-refractivity contribution in [1.82, 2.24) is 10.2 Å². The molecule has 1 aliphatic heterocycles. The number of nitrogens with one attached hydrogen (secondary N) is 2. The van der Waals surface area contributed by atoms with Gasteiger partial charge >= 0.3 is 0 Å². The molecule has 0 aliphatic carbocycles. The molecule has 0 aromatic heterocycles. The summed E-state index contributed by atoms with van der Waals surface area (Å²) in [5, 5.41) is 30.1. The highest BCUT2D eigenvalue weighted by molar-refractivity contribution is 6.44. The third-order valence-electron chi connectivity index (χ3n) is 3.28. The maximum Gasteiger partial charge on any atom is 0.271 e. The highest BCUT2D eigenvalue weighted by Crippen LogP contribution is 2.30. The molecule has 1 saturated heterocycles. The lowest BCUT2D eigenvalue weighted by Crippen LogP contribution is -2.42. The first-order valence-electron chi connectivity index (χ1n) is 6.36. The van der Waals surface area contributed by atoms with Crippen LogP contribution in [-0.2, 0) is 4.79 Å². The molecule has 0 aromatic rings. The highest BCUT2D eigenvalue weighted by Gasteiger charge is 2.38. The lowest BCUT2D eigenvalue weighted by Gasteiger charge is -2.31. The molecule has 1 heterocycles. The van der Waals surface area contributed by atoms with E-state index in [1.807, 2.05) is 13.8 Å². The van der Waals surface area contributed by atoms with Gasteiger partial charge < -0.3 is 20.4 Å². The number of rotatable bonds is 4. The summed E-state index contributed by atoms with van der Waals surface area (Å²) in [6.07, 6.45) is 1.94. The summed E-state index contributed by atoms with van der Waals surface area (Å²) < 4.78 is 0. The van der Waals surface area contributed by atoms with Crippen molar-refractivity contribution in [2.45, 2.75) is 26.3 Å². The van der Waals surface area contributed by atoms with Gasteiger partial charge in [-0.15, -0.1) is 0 Å². The summed E-state index contributed by atoms with van der Waals surface area (Å²) in [5.41, 5.74) is -0.358. The van der Waals surface area contributed by atoms with Crippen molar-refractivity contribution in [2.24, 2.45) is 5.41 Å². The third-order valence-corrected chi connectivity index (χ3v) is 3.28. The van der Waals surface area contributed by atoms with Gasteiger partial charge in [0.2, 0.25) is 0 Å². The summed E-state index contributed by atoms with van der Waals surface area (Å²) in [6, 6.07) is 0.189. The fourth-order valence-electron chi connectivity index (χ4n) is 2.10. The van der Waals surface area contributed by atoms with Crippen molar-refractivity contribution >= 4 is 11.6 Å². The molecule has 1 aliphatic rings. The second-order valence-corrected chi connectivity index (χ2v) is 5.52. The van der Waals surface area contributed by atoms with Gasteiger partial charge in [-0.25, -0.2) is 0 Å². The van der Waals surface area contributed by atoms with E-state index in [-0.39, 0.29) is 37.4 Å². The van der Waals surface area contributed by atoms with Crippen molar-refractivity contribution < 1.29 is 15.0 Å². The van der Waals surface area contributed by atoms with Crippen molar-refractivity contribution in [1.29, 1.82) is 5.41 Å². The van der Waals surface area contributed by atoms with Crippen LogP contribution in [0.5, 0.6) is 0 Å². The van der Waals surface area contributed by atoms with Crippen molar-refractivity contribution in [3.63, 3.8) is 0 Å². The lowest BCUT2D eigenvalue weighted by molar-refractivity contribution is -0.124. The van der Waals surface area contributed by atoms with Crippen LogP contribution in [0.15, 0.2) is 11.8 Å². The van der Waals surface area contributed by atoms with E-state index in [2.05, 4.69) is 5.32 Å². The van der Waals surface area contributed by atoms with Gasteiger partial charge in [0.25, 0.3) is 5.91 Å². The molecule has 6 nitrogen and oxygen atoms in total. The zero-order valence-corrected chi connectivity index (χ0v) is 11.7. The fraction of sp³-hybridized carbons (Fsp3) is 0.692. The number of nitrogens with zero attached hydrogens (tertiary/aromatic N) is 1. The van der Waals surface area contributed by atoms with Gasteiger partial charge in [-0.3, -0.25) is 10.2 Å². The predicted molar refractivity (Wildman–Crippen MR) is 72.9 cm³/mol. The number of carbonyl (C=O) groups is 1. The molecule has 19 heavy (non-hydrogen) atoms. The van der Waals surface area contributed by atoms with Crippen LogP contribution in [0.4, 0.5) is 0 Å². The second-order valence-electron chi connectivity index (χ2n) is 5.52. The average molecular weight is 269 g/mol. The van der Waals surface area contributed by atoms with Gasteiger partial charge in [0.05, 0.1) is 13.2 Å². The Bertz CT molecular complexity index is 387. The fourth-order valence-corrected chi connectivity index (χ4v) is 2.10. The molecular formula is C13H23N3O3. The second kappa shape index (κ2) is 6.16. The van der Waals surface area contributed by atoms with Crippen LogP contribution in [0.2, 0.25) is 0 Å². The number of amides is 1. The van der Waals surface area contributed by atoms with Gasteiger partial charge in [0.1, 0.15) is 5.71 Å². The van der Waals surface area contributed by atoms with Gasteiger partial charge in [-0.05, 0) is 25.8 Å². The number of aliphatic hydroxyl groups is 2. The van der Waals surface area contributed by atoms with Crippen molar-refractivity contribution in [3.05, 3.63) is 11.8 Å². The van der Waals surface area contributed by atoms with E-state index in [0.29, 0.717) is 12.0 Å². The zero-order valence-electron chi connectivity index (χ0n) is 11.7. The maximum atomic E-state index is 12.0. The van der Waals surface area contributed by atoms with E-state index in [9.17, 15) is 15.0 Å². The summed E-state index contributed by atoms with van der Waals surface area (Å²) in [5.74, 6) is -0.388. The summed E-state index contributed by atoms with van der Waals surface area (Å²) >= 11 is 0. The average Bonchev–Trinajstić information content (AvgIpc) is 2.47. The molecule has 0 atom stereocenters. The lowest BCUT2D eigenvalue weighted by atomic mass is 9.83. The van der Waals surface area contributed by atoms with Crippen LogP contribution in [0.1, 0.15) is 20.3 Å². The molecule has 108 valence electrons. The Balaban J connectivity index is 3.10. The summed E-state index contributed by atoms with van der Waals surface area (Å²) in [6.45, 7) is 3.69. The minimum absolute atomic E-state index is 0.0839. The molecule has 6 heteroatoms. The normalized spacial score (nSPS) is 22.0. The first-order valence-corrected chi connectivity index (χ1v) is 6.36. The van der Waals surface area contributed by atoms with E-state index in [4.69, 9.17) is 5.41 Å². The van der Waals surface area contributed by atoms with Crippen LogP contribution in [0.3, 0.4) is 0 Å². The van der Waals surface area contributed by atoms with Crippen LogP contribution in [0.25, 0.3) is 0 Å². The van der Waals surface area contributed by atoms with Crippen LogP contribution in [-0.4, -0.2) is 59.6 Å². The van der Waals surface area contributed by atoms with E-state index in [1.165, 1.54) is 4.90 Å². The Morgan fingerprint density at radius 2 is 2.05 bits per heavy atom. The SMILES string of the molecule is CC(C)N/C=C1/CC(CO)(CO)CN(C)C(=O)C1=N. The van der Waals surface area contributed by atoms with Crippen molar-refractivity contribution in [2.75, 3.05) is 26.8 Å². The smallest absolute Gasteiger partial charge is 0.271 e. The molecule has 1 rings (SSSR count). The number of hydrogen-bond acceptors (Lipinski definition) is 5. The quantitative estimate of drug-likeness (QED) is 0.564. The molecule has 0 radical (unpaired) electrons. The van der Waals surface area contributed by atoms with Gasteiger partial charge in [-0.1, -0.05) is 0 Å². The predicted octanol–water partition coefficient (Wildman–Crippen LogP) is -0.279. The summed E-state index contributed by atoms with van der Waals surface area (Å²) in [7, 11) is 1.58. The Labute approximate surface area is 113 Å². The molecule has 1 amide bonds. The molecule has 0 spiro atoms. The Morgan fingerprint density at radius 1 is 1.47 bits per heavy atom. The molecule has 0 bridgehead atoms. The largest absolute Gasteiger partial charge is 0.396 e. The standard InChI is InChI=1S/C13H23N3O3/c1-9(2)15-5-10-4-13(7-17,8-18)6-16(3)12(19)11(10)14/h5,9,14-15,17-18H,4,6-8H2,1-3H3/b10-5-,14-11?. The third kappa shape index (κ3) is 3.54. The topological polar surface area (TPSA) is 96.7 Å². The molecule has 0 unspecified atom stereocenters. The molecule has 0 aromatic carbocycles. The number of likely N-dealkylation sites (tertiary alicyclic amines) is 1. The number of hydrogen-bond donors (Lipinski definition) is 4. The zero-order chi connectivity index (χ0) is 14.6. The minimum atomic E-state index is -0.794. The molecular weight excluding hydrogens is 246 g/mol. The summed E-state index contributed by atoms with van der Waals surface area (Å²) in [4.78, 5) is 13.4. The van der Waals surface area contributed by atoms with Crippen molar-refractivity contribution in [3.8, 4) is 0 Å². The van der Waals surface area contributed by atoms with E-state index >= 15 is 0 Å². The minimum Gasteiger partial charge on any atom is -0.396 e. The van der Waals surface area contributed by atoms with E-state index in [0.717, 1.165) is 0 Å². The van der Waals surface area contributed by atoms with Crippen LogP contribution >= 0.6 is 0 Å². The molecule has 1 fully saturated rings. The number of aliphatic hydroxyl groups excluding tert-OH is 2. The van der Waals surface area contributed by atoms with Gasteiger partial charge in [-0.2, -0.15) is 0 Å². The highest BCUT2D eigenvalue weighted by atomic mass is 16.3. The Morgan fingerprint density at radius 3 is 2.53 bits per heavy atom. The first kappa shape index (κ1) is 15.7. The monoisotopic (exact) mass is 269 g/mol. The van der Waals surface area contributed by atoms with Crippen LogP contribution in [0, 0.1) is 10.8 Å². The van der Waals surface area contributed by atoms with E-state index < -0.39 is 5.41 Å². The van der Waals surface area contributed by atoms with Gasteiger partial charge in [0.15, 0.2) is 0 Å². The Hall–Kier alpha value is -1.40.